The van der Waals surface area contributed by atoms with Crippen molar-refractivity contribution in [1.82, 2.24) is 15.2 Å². The molecule has 0 N–H and O–H groups in total. The number of sulfone groups is 1. The van der Waals surface area contributed by atoms with Crippen molar-refractivity contribution in [1.29, 1.82) is 0 Å². The van der Waals surface area contributed by atoms with Crippen LogP contribution in [0, 0.1) is 5.92 Å². The molecule has 4 aromatic rings. The van der Waals surface area contributed by atoms with Gasteiger partial charge in [0.15, 0.2) is 9.84 Å². The van der Waals surface area contributed by atoms with E-state index in [1.807, 2.05) is 42.6 Å². The maximum Gasteiger partial charge on any atom is 0.184 e. The smallest absolute Gasteiger partial charge is 0.184 e. The van der Waals surface area contributed by atoms with Gasteiger partial charge < -0.3 is 0 Å². The molecule has 1 saturated carbocycles. The molecule has 160 valence electrons. The minimum Gasteiger partial charge on any atom is -0.299 e. The van der Waals surface area contributed by atoms with Crippen LogP contribution in [0.3, 0.4) is 0 Å². The molecule has 2 heterocycles. The Hall–Kier alpha value is -3.45. The van der Waals surface area contributed by atoms with Crippen molar-refractivity contribution in [2.45, 2.75) is 29.4 Å². The summed E-state index contributed by atoms with van der Waals surface area (Å²) in [6.07, 6.45) is 6.29. The predicted molar refractivity (Wildman–Crippen MR) is 121 cm³/mol. The molecule has 2 aromatic carbocycles. The van der Waals surface area contributed by atoms with Crippen LogP contribution in [0.4, 0.5) is 0 Å². The van der Waals surface area contributed by atoms with Gasteiger partial charge >= 0.3 is 0 Å². The van der Waals surface area contributed by atoms with Crippen LogP contribution in [0.5, 0.6) is 0 Å². The molecule has 0 aliphatic heterocycles. The first-order valence-electron chi connectivity index (χ1n) is 10.4. The predicted octanol–water partition coefficient (Wildman–Crippen LogP) is 3.91. The molecule has 0 spiro atoms. The Labute approximate surface area is 186 Å². The number of pyridine rings is 1. The van der Waals surface area contributed by atoms with E-state index in [9.17, 15) is 13.2 Å². The quantitative estimate of drug-likeness (QED) is 0.430. The highest BCUT2D eigenvalue weighted by molar-refractivity contribution is 7.90. The molecule has 0 bridgehead atoms. The lowest BCUT2D eigenvalue weighted by Crippen LogP contribution is -2.07. The number of benzene rings is 2. The standard InChI is InChI=1S/C25H21N3O3S/c29-25(13-17-3-4-20-15-26-11-9-19(20)12-17)24-14-23(24)18-5-7-22(8-6-18)32(30,31)16-21-2-1-10-27-28-21/h1-12,15,23-24H,13-14,16H2/t23?,24-/m1/s1. The fourth-order valence-electron chi connectivity index (χ4n) is 4.11. The average molecular weight is 444 g/mol. The molecule has 1 fully saturated rings. The first kappa shape index (κ1) is 20.5. The lowest BCUT2D eigenvalue weighted by Gasteiger charge is -2.06. The van der Waals surface area contributed by atoms with Gasteiger partial charge in [0, 0.05) is 36.3 Å². The van der Waals surface area contributed by atoms with Gasteiger partial charge in [0.1, 0.15) is 5.78 Å². The zero-order valence-electron chi connectivity index (χ0n) is 17.3. The van der Waals surface area contributed by atoms with Gasteiger partial charge in [0.05, 0.1) is 16.3 Å². The molecule has 32 heavy (non-hydrogen) atoms. The molecule has 0 saturated heterocycles. The Morgan fingerprint density at radius 2 is 1.81 bits per heavy atom. The second-order valence-corrected chi connectivity index (χ2v) is 10.2. The Balaban J connectivity index is 1.24. The van der Waals surface area contributed by atoms with Gasteiger partial charge in [0.2, 0.25) is 0 Å². The Bertz CT molecular complexity index is 1390. The number of fused-ring (bicyclic) bond motifs is 1. The summed E-state index contributed by atoms with van der Waals surface area (Å²) in [5.41, 5.74) is 2.42. The second-order valence-electron chi connectivity index (χ2n) is 8.19. The number of aromatic nitrogens is 3. The fraction of sp³-hybridized carbons (Fsp3) is 0.200. The summed E-state index contributed by atoms with van der Waals surface area (Å²) in [4.78, 5) is 17.2. The molecule has 7 heteroatoms. The summed E-state index contributed by atoms with van der Waals surface area (Å²) < 4.78 is 25.3. The maximum atomic E-state index is 12.8. The SMILES string of the molecule is O=C(Cc1ccc2cnccc2c1)[C@@H]1CC1c1ccc(S(=O)(=O)Cc2cccnn2)cc1. The summed E-state index contributed by atoms with van der Waals surface area (Å²) in [6.45, 7) is 0. The molecule has 2 atom stereocenters. The molecule has 6 nitrogen and oxygen atoms in total. The monoisotopic (exact) mass is 443 g/mol. The molecule has 1 aliphatic rings. The van der Waals surface area contributed by atoms with Crippen molar-refractivity contribution in [3.05, 3.63) is 96.1 Å². The number of nitrogens with zero attached hydrogens (tertiary/aromatic N) is 3. The molecule has 2 aromatic heterocycles. The molecule has 5 rings (SSSR count). The van der Waals surface area contributed by atoms with E-state index >= 15 is 0 Å². The fourth-order valence-corrected chi connectivity index (χ4v) is 5.37. The van der Waals surface area contributed by atoms with Crippen LogP contribution in [0.2, 0.25) is 0 Å². The highest BCUT2D eigenvalue weighted by Gasteiger charge is 2.43. The summed E-state index contributed by atoms with van der Waals surface area (Å²) in [5, 5.41) is 9.72. The van der Waals surface area contributed by atoms with E-state index in [4.69, 9.17) is 0 Å². The van der Waals surface area contributed by atoms with E-state index < -0.39 is 9.84 Å². The third kappa shape index (κ3) is 4.29. The average Bonchev–Trinajstić information content (AvgIpc) is 3.61. The number of carbonyl (C=O) groups excluding carboxylic acids is 1. The van der Waals surface area contributed by atoms with Crippen molar-refractivity contribution in [3.63, 3.8) is 0 Å². The van der Waals surface area contributed by atoms with Crippen LogP contribution in [0.25, 0.3) is 10.8 Å². The molecular formula is C25H21N3O3S. The van der Waals surface area contributed by atoms with Crippen LogP contribution in [0.1, 0.15) is 29.2 Å². The minimum absolute atomic E-state index is 0.00909. The van der Waals surface area contributed by atoms with Crippen LogP contribution in [-0.2, 0) is 26.8 Å². The summed E-state index contributed by atoms with van der Waals surface area (Å²) in [5.74, 6) is 0.184. The van der Waals surface area contributed by atoms with E-state index in [2.05, 4.69) is 15.2 Å². The third-order valence-corrected chi connectivity index (χ3v) is 7.59. The normalized spacial score (nSPS) is 17.9. The van der Waals surface area contributed by atoms with Gasteiger partial charge in [0.25, 0.3) is 0 Å². The highest BCUT2D eigenvalue weighted by Crippen LogP contribution is 2.48. The number of Topliss-reactive ketones (excluding diaryl/α,β-unsaturated/α-hetero) is 1. The van der Waals surface area contributed by atoms with Gasteiger partial charge in [-0.15, -0.1) is 0 Å². The number of ketones is 1. The van der Waals surface area contributed by atoms with E-state index in [-0.39, 0.29) is 28.3 Å². The van der Waals surface area contributed by atoms with Crippen molar-refractivity contribution >= 4 is 26.4 Å². The lowest BCUT2D eigenvalue weighted by atomic mass is 10.0. The zero-order chi connectivity index (χ0) is 22.1. The molecule has 0 radical (unpaired) electrons. The summed E-state index contributed by atoms with van der Waals surface area (Å²) in [6, 6.07) is 18.2. The Kier molecular flexibility index (Phi) is 5.27. The van der Waals surface area contributed by atoms with Gasteiger partial charge in [-0.1, -0.05) is 30.3 Å². The van der Waals surface area contributed by atoms with Crippen molar-refractivity contribution < 1.29 is 13.2 Å². The van der Waals surface area contributed by atoms with E-state index in [1.165, 1.54) is 6.20 Å². The highest BCUT2D eigenvalue weighted by atomic mass is 32.2. The van der Waals surface area contributed by atoms with E-state index in [0.717, 1.165) is 28.3 Å². The van der Waals surface area contributed by atoms with Crippen LogP contribution in [0.15, 0.2) is 84.1 Å². The lowest BCUT2D eigenvalue weighted by molar-refractivity contribution is -0.119. The third-order valence-electron chi connectivity index (χ3n) is 5.92. The minimum atomic E-state index is -3.50. The van der Waals surface area contributed by atoms with Gasteiger partial charge in [-0.2, -0.15) is 10.2 Å². The van der Waals surface area contributed by atoms with Crippen LogP contribution < -0.4 is 0 Å². The Morgan fingerprint density at radius 3 is 2.59 bits per heavy atom. The second kappa shape index (κ2) is 8.24. The van der Waals surface area contributed by atoms with Crippen molar-refractivity contribution in [3.8, 4) is 0 Å². The van der Waals surface area contributed by atoms with Crippen molar-refractivity contribution in [2.24, 2.45) is 5.92 Å². The molecular weight excluding hydrogens is 422 g/mol. The maximum absolute atomic E-state index is 12.8. The number of hydrogen-bond acceptors (Lipinski definition) is 6. The topological polar surface area (TPSA) is 89.9 Å². The first-order chi connectivity index (χ1) is 15.5. The Morgan fingerprint density at radius 1 is 0.969 bits per heavy atom. The van der Waals surface area contributed by atoms with Crippen molar-refractivity contribution in [2.75, 3.05) is 0 Å². The zero-order valence-corrected chi connectivity index (χ0v) is 18.1. The molecule has 0 amide bonds. The largest absolute Gasteiger partial charge is 0.299 e. The van der Waals surface area contributed by atoms with Gasteiger partial charge in [-0.05, 0) is 59.2 Å². The summed E-state index contributed by atoms with van der Waals surface area (Å²) in [7, 11) is -3.50. The van der Waals surface area contributed by atoms with E-state index in [1.54, 1.807) is 30.5 Å². The van der Waals surface area contributed by atoms with Crippen LogP contribution >= 0.6 is 0 Å². The van der Waals surface area contributed by atoms with Crippen LogP contribution in [-0.4, -0.2) is 29.4 Å². The van der Waals surface area contributed by atoms with E-state index in [0.29, 0.717) is 12.1 Å². The number of rotatable bonds is 7. The number of carbonyl (C=O) groups is 1. The molecule has 1 aliphatic carbocycles. The summed E-state index contributed by atoms with van der Waals surface area (Å²) >= 11 is 0. The van der Waals surface area contributed by atoms with Gasteiger partial charge in [-0.3, -0.25) is 9.78 Å². The number of hydrogen-bond donors (Lipinski definition) is 0. The first-order valence-corrected chi connectivity index (χ1v) is 12.1. The molecule has 1 unspecified atom stereocenters. The van der Waals surface area contributed by atoms with Gasteiger partial charge in [-0.25, -0.2) is 8.42 Å².